The summed E-state index contributed by atoms with van der Waals surface area (Å²) in [5, 5.41) is 3.50. The number of halogens is 6. The molecule has 1 aromatic carbocycles. The van der Waals surface area contributed by atoms with E-state index < -0.39 is 40.5 Å². The molecule has 3 aromatic rings. The molecule has 0 amide bonds. The van der Waals surface area contributed by atoms with E-state index >= 15 is 4.39 Å². The third kappa shape index (κ3) is 5.54. The number of aryl methyl sites for hydroxylation is 1. The van der Waals surface area contributed by atoms with E-state index in [1.807, 2.05) is 4.90 Å². The van der Waals surface area contributed by atoms with Gasteiger partial charge in [0.25, 0.3) is 0 Å². The molecule has 14 heteroatoms. The average molecular weight is 652 g/mol. The monoisotopic (exact) mass is 651 g/mol. The molecule has 4 fully saturated rings. The lowest BCUT2D eigenvalue weighted by molar-refractivity contribution is -0.137. The third-order valence-corrected chi connectivity index (χ3v) is 10.2. The van der Waals surface area contributed by atoms with Crippen LogP contribution in [0.4, 0.5) is 33.6 Å². The molecule has 4 atom stereocenters. The fourth-order valence-corrected chi connectivity index (χ4v) is 8.16. The Labute approximate surface area is 262 Å². The molecule has 4 saturated heterocycles. The standard InChI is InChI=1S/C31H35ClF5N7O/c1-16-8-22(38)40-27(24(16)31(35,36)37)23-21(32)10-20-26(25(23)34)41-29(42-28(20)43-7-4-17-9-19(14-43)39-12-17)45-15-30-5-2-3-6-44(30)13-18(33)11-30/h8,10,17-19,39H,2-7,9,11-15H2,1H3,(H2,38,40). The maximum atomic E-state index is 16.7. The zero-order chi connectivity index (χ0) is 31.7. The van der Waals surface area contributed by atoms with Crippen LogP contribution in [0.5, 0.6) is 6.01 Å². The van der Waals surface area contributed by atoms with Crippen molar-refractivity contribution in [3.63, 3.8) is 0 Å². The number of pyridine rings is 1. The summed E-state index contributed by atoms with van der Waals surface area (Å²) in [7, 11) is 0. The van der Waals surface area contributed by atoms with Crippen LogP contribution >= 0.6 is 11.6 Å². The van der Waals surface area contributed by atoms with Crippen molar-refractivity contribution in [1.29, 1.82) is 0 Å². The Morgan fingerprint density at radius 2 is 1.98 bits per heavy atom. The Morgan fingerprint density at radius 3 is 2.78 bits per heavy atom. The topological polar surface area (TPSA) is 92.4 Å². The van der Waals surface area contributed by atoms with Crippen molar-refractivity contribution in [3.8, 4) is 17.3 Å². The molecule has 45 heavy (non-hydrogen) atoms. The summed E-state index contributed by atoms with van der Waals surface area (Å²) in [6, 6.07) is 2.57. The van der Waals surface area contributed by atoms with Gasteiger partial charge in [0.15, 0.2) is 5.82 Å². The number of rotatable bonds is 5. The average Bonchev–Trinajstić information content (AvgIpc) is 3.48. The molecule has 0 spiro atoms. The number of fused-ring (bicyclic) bond motifs is 4. The summed E-state index contributed by atoms with van der Waals surface area (Å²) in [6.07, 6.45) is -0.948. The summed E-state index contributed by atoms with van der Waals surface area (Å²) in [6.45, 7) is 4.62. The van der Waals surface area contributed by atoms with Crippen molar-refractivity contribution < 1.29 is 26.7 Å². The predicted molar refractivity (Wildman–Crippen MR) is 162 cm³/mol. The second-order valence-electron chi connectivity index (χ2n) is 13.0. The molecule has 0 aliphatic carbocycles. The molecule has 242 valence electrons. The molecule has 2 bridgehead atoms. The Bertz CT molecular complexity index is 1640. The second-order valence-corrected chi connectivity index (χ2v) is 13.4. The van der Waals surface area contributed by atoms with Crippen LogP contribution in [0, 0.1) is 18.7 Å². The lowest BCUT2D eigenvalue weighted by Crippen LogP contribution is -2.51. The van der Waals surface area contributed by atoms with Crippen LogP contribution in [0.25, 0.3) is 22.2 Å². The fourth-order valence-electron chi connectivity index (χ4n) is 7.87. The molecule has 0 radical (unpaired) electrons. The number of nitrogens with zero attached hydrogens (tertiary/aromatic N) is 5. The minimum atomic E-state index is -4.85. The van der Waals surface area contributed by atoms with Gasteiger partial charge in [0.05, 0.1) is 27.4 Å². The molecule has 4 aliphatic heterocycles. The molecule has 4 aliphatic rings. The van der Waals surface area contributed by atoms with Crippen LogP contribution in [0.15, 0.2) is 12.1 Å². The van der Waals surface area contributed by atoms with Gasteiger partial charge in [-0.2, -0.15) is 23.1 Å². The van der Waals surface area contributed by atoms with Crippen molar-refractivity contribution in [3.05, 3.63) is 34.1 Å². The van der Waals surface area contributed by atoms with E-state index in [-0.39, 0.29) is 46.0 Å². The Balaban J connectivity index is 1.37. The van der Waals surface area contributed by atoms with E-state index in [0.29, 0.717) is 37.8 Å². The number of nitrogens with one attached hydrogen (secondary N) is 1. The SMILES string of the molecule is Cc1cc(N)nc(-c2c(Cl)cc3c(N4CCC5CNC(C5)C4)nc(OCC45CCCCN4CC(F)C5)nc3c2F)c1C(F)(F)F. The lowest BCUT2D eigenvalue weighted by Gasteiger charge is -2.41. The minimum Gasteiger partial charge on any atom is -0.461 e. The highest BCUT2D eigenvalue weighted by atomic mass is 35.5. The summed E-state index contributed by atoms with van der Waals surface area (Å²) < 4.78 is 80.3. The first-order chi connectivity index (χ1) is 21.4. The summed E-state index contributed by atoms with van der Waals surface area (Å²) in [4.78, 5) is 17.2. The maximum absolute atomic E-state index is 16.7. The first-order valence-corrected chi connectivity index (χ1v) is 15.8. The Kier molecular flexibility index (Phi) is 7.72. The number of hydrogen-bond acceptors (Lipinski definition) is 8. The minimum absolute atomic E-state index is 0.112. The normalized spacial score (nSPS) is 27.2. The first-order valence-electron chi connectivity index (χ1n) is 15.5. The Hall–Kier alpha value is -3.03. The molecule has 4 unspecified atom stereocenters. The number of anilines is 2. The molecule has 2 aromatic heterocycles. The third-order valence-electron chi connectivity index (χ3n) is 9.94. The predicted octanol–water partition coefficient (Wildman–Crippen LogP) is 5.93. The first kappa shape index (κ1) is 30.6. The smallest absolute Gasteiger partial charge is 0.418 e. The van der Waals surface area contributed by atoms with Gasteiger partial charge in [-0.1, -0.05) is 18.0 Å². The summed E-state index contributed by atoms with van der Waals surface area (Å²) >= 11 is 6.61. The lowest BCUT2D eigenvalue weighted by atomic mass is 9.87. The van der Waals surface area contributed by atoms with Gasteiger partial charge in [-0.3, -0.25) is 4.90 Å². The van der Waals surface area contributed by atoms with E-state index in [9.17, 15) is 17.6 Å². The number of aromatic nitrogens is 3. The van der Waals surface area contributed by atoms with Crippen molar-refractivity contribution in [2.45, 2.75) is 69.4 Å². The van der Waals surface area contributed by atoms with Crippen molar-refractivity contribution in [1.82, 2.24) is 25.2 Å². The van der Waals surface area contributed by atoms with Crippen LogP contribution in [-0.2, 0) is 6.18 Å². The van der Waals surface area contributed by atoms with Gasteiger partial charge in [-0.25, -0.2) is 13.8 Å². The van der Waals surface area contributed by atoms with Crippen molar-refractivity contribution >= 4 is 34.1 Å². The summed E-state index contributed by atoms with van der Waals surface area (Å²) in [5.74, 6) is -0.394. The highest BCUT2D eigenvalue weighted by Crippen LogP contribution is 2.45. The van der Waals surface area contributed by atoms with E-state index in [2.05, 4.69) is 20.2 Å². The number of alkyl halides is 4. The quantitative estimate of drug-likeness (QED) is 0.328. The highest BCUT2D eigenvalue weighted by Gasteiger charge is 2.48. The van der Waals surface area contributed by atoms with Crippen LogP contribution in [-0.4, -0.2) is 76.9 Å². The molecular weight excluding hydrogens is 617 g/mol. The van der Waals surface area contributed by atoms with Crippen LogP contribution in [0.2, 0.25) is 5.02 Å². The summed E-state index contributed by atoms with van der Waals surface area (Å²) in [5.41, 5.74) is 2.49. The zero-order valence-corrected chi connectivity index (χ0v) is 25.6. The van der Waals surface area contributed by atoms with Gasteiger partial charge in [-0.05, 0) is 69.3 Å². The zero-order valence-electron chi connectivity index (χ0n) is 24.9. The number of nitrogen functional groups attached to an aromatic ring is 1. The van der Waals surface area contributed by atoms with Crippen molar-refractivity contribution in [2.75, 3.05) is 50.0 Å². The number of piperidine rings is 1. The van der Waals surface area contributed by atoms with E-state index in [1.54, 1.807) is 0 Å². The highest BCUT2D eigenvalue weighted by molar-refractivity contribution is 6.34. The van der Waals surface area contributed by atoms with E-state index in [1.165, 1.54) is 13.0 Å². The number of benzene rings is 1. The van der Waals surface area contributed by atoms with Gasteiger partial charge >= 0.3 is 12.2 Å². The van der Waals surface area contributed by atoms with E-state index in [4.69, 9.17) is 27.1 Å². The molecule has 3 N–H and O–H groups in total. The van der Waals surface area contributed by atoms with Crippen molar-refractivity contribution in [2.24, 2.45) is 5.92 Å². The van der Waals surface area contributed by atoms with Crippen LogP contribution < -0.4 is 20.7 Å². The molecule has 0 saturated carbocycles. The number of nitrogens with two attached hydrogens (primary N) is 1. The number of ether oxygens (including phenoxy) is 1. The molecule has 6 heterocycles. The van der Waals surface area contributed by atoms with Crippen LogP contribution in [0.3, 0.4) is 0 Å². The van der Waals surface area contributed by atoms with Gasteiger partial charge in [0.2, 0.25) is 0 Å². The van der Waals surface area contributed by atoms with Gasteiger partial charge < -0.3 is 20.7 Å². The van der Waals surface area contributed by atoms with Crippen LogP contribution in [0.1, 0.15) is 49.7 Å². The molecular formula is C31H35ClF5N7O. The van der Waals surface area contributed by atoms with Gasteiger partial charge in [0.1, 0.15) is 29.9 Å². The number of hydrogen-bond donors (Lipinski definition) is 2. The van der Waals surface area contributed by atoms with E-state index in [0.717, 1.165) is 51.3 Å². The van der Waals surface area contributed by atoms with Gasteiger partial charge in [-0.15, -0.1) is 0 Å². The largest absolute Gasteiger partial charge is 0.461 e. The van der Waals surface area contributed by atoms with Gasteiger partial charge in [0, 0.05) is 37.5 Å². The molecule has 8 nitrogen and oxygen atoms in total. The maximum Gasteiger partial charge on any atom is 0.418 e. The fraction of sp³-hybridized carbons (Fsp3) is 0.581. The second kappa shape index (κ2) is 11.3. The molecule has 7 rings (SSSR count). The Morgan fingerprint density at radius 1 is 1.16 bits per heavy atom.